The van der Waals surface area contributed by atoms with Crippen LogP contribution in [0, 0.1) is 11.2 Å². The molecule has 0 unspecified atom stereocenters. The molecule has 2 atom stereocenters. The van der Waals surface area contributed by atoms with Crippen molar-refractivity contribution in [3.8, 4) is 11.3 Å². The standard InChI is InChI=1S/C30H30F3N7O3/c1-16-3-4-19(13-40(16)29(42)30(2)14-43-15-30)27-38-23(24-26(34)36-9-10-39(24)27)20-6-5-18(11-21(20)31)28(41)37-22-12-17(25(32)33)7-8-35-22/h5-12,16,19,25H,3-4,13-15H2,1-2H3,(H2,34,36)(H,35,37,41)/t16-,19+/m0/s1. The Morgan fingerprint density at radius 3 is 2.63 bits per heavy atom. The van der Waals surface area contributed by atoms with Crippen LogP contribution in [0.4, 0.5) is 24.8 Å². The number of nitrogens with one attached hydrogen (secondary N) is 1. The lowest BCUT2D eigenvalue weighted by Gasteiger charge is -2.45. The fourth-order valence-electron chi connectivity index (χ4n) is 5.73. The van der Waals surface area contributed by atoms with Gasteiger partial charge in [-0.15, -0.1) is 0 Å². The molecule has 2 saturated heterocycles. The van der Waals surface area contributed by atoms with Crippen molar-refractivity contribution in [3.05, 3.63) is 71.7 Å². The molecule has 5 heterocycles. The highest BCUT2D eigenvalue weighted by Gasteiger charge is 2.46. The number of rotatable bonds is 6. The van der Waals surface area contributed by atoms with Crippen LogP contribution in [0.25, 0.3) is 16.8 Å². The Kier molecular flexibility index (Phi) is 7.28. The number of halogens is 3. The van der Waals surface area contributed by atoms with E-state index in [1.807, 2.05) is 18.7 Å². The molecule has 6 rings (SSSR count). The summed E-state index contributed by atoms with van der Waals surface area (Å²) in [6.07, 6.45) is 3.22. The molecule has 10 nitrogen and oxygen atoms in total. The van der Waals surface area contributed by atoms with Gasteiger partial charge >= 0.3 is 0 Å². The number of amides is 2. The van der Waals surface area contributed by atoms with E-state index in [9.17, 15) is 18.4 Å². The van der Waals surface area contributed by atoms with Gasteiger partial charge in [-0.25, -0.2) is 28.1 Å². The Bertz CT molecular complexity index is 1720. The number of carbonyl (C=O) groups is 2. The number of nitrogens with zero attached hydrogens (tertiary/aromatic N) is 5. The maximum Gasteiger partial charge on any atom is 0.264 e. The maximum atomic E-state index is 15.6. The third kappa shape index (κ3) is 5.18. The molecule has 224 valence electrons. The molecule has 43 heavy (non-hydrogen) atoms. The normalized spacial score (nSPS) is 19.8. The highest BCUT2D eigenvalue weighted by atomic mass is 19.3. The van der Waals surface area contributed by atoms with E-state index in [-0.39, 0.29) is 51.9 Å². The van der Waals surface area contributed by atoms with Gasteiger partial charge in [-0.3, -0.25) is 14.0 Å². The zero-order valence-electron chi connectivity index (χ0n) is 23.6. The highest BCUT2D eigenvalue weighted by molar-refractivity contribution is 6.04. The molecule has 0 bridgehead atoms. The van der Waals surface area contributed by atoms with Crippen molar-refractivity contribution in [1.29, 1.82) is 0 Å². The number of hydrogen-bond acceptors (Lipinski definition) is 7. The number of carbonyl (C=O) groups excluding carboxylic acids is 2. The number of ether oxygens (including phenoxy) is 1. The van der Waals surface area contributed by atoms with Gasteiger partial charge in [0.15, 0.2) is 0 Å². The molecule has 2 fully saturated rings. The third-order valence-corrected chi connectivity index (χ3v) is 8.24. The van der Waals surface area contributed by atoms with Crippen LogP contribution in [-0.4, -0.2) is 61.9 Å². The second kappa shape index (κ2) is 11.0. The van der Waals surface area contributed by atoms with Crippen LogP contribution >= 0.6 is 0 Å². The van der Waals surface area contributed by atoms with Crippen LogP contribution in [0.5, 0.6) is 0 Å². The largest absolute Gasteiger partial charge is 0.382 e. The van der Waals surface area contributed by atoms with Crippen molar-refractivity contribution < 1.29 is 27.5 Å². The van der Waals surface area contributed by atoms with E-state index in [4.69, 9.17) is 15.5 Å². The van der Waals surface area contributed by atoms with Gasteiger partial charge in [0.25, 0.3) is 12.3 Å². The first-order chi connectivity index (χ1) is 20.6. The number of aromatic nitrogens is 4. The average molecular weight is 594 g/mol. The van der Waals surface area contributed by atoms with Gasteiger partial charge in [0.05, 0.1) is 18.6 Å². The van der Waals surface area contributed by atoms with Crippen molar-refractivity contribution in [2.24, 2.45) is 5.41 Å². The second-order valence-corrected chi connectivity index (χ2v) is 11.4. The van der Waals surface area contributed by atoms with Crippen molar-refractivity contribution in [2.45, 2.75) is 45.1 Å². The smallest absolute Gasteiger partial charge is 0.264 e. The highest BCUT2D eigenvalue weighted by Crippen LogP contribution is 2.38. The minimum absolute atomic E-state index is 0.0378. The molecule has 13 heteroatoms. The van der Waals surface area contributed by atoms with Crippen LogP contribution in [0.1, 0.15) is 60.8 Å². The number of pyridine rings is 1. The summed E-state index contributed by atoms with van der Waals surface area (Å²) in [7, 11) is 0. The molecule has 0 aliphatic carbocycles. The van der Waals surface area contributed by atoms with Crippen LogP contribution < -0.4 is 11.1 Å². The Balaban J connectivity index is 1.31. The summed E-state index contributed by atoms with van der Waals surface area (Å²) in [5, 5.41) is 2.42. The maximum absolute atomic E-state index is 15.6. The van der Waals surface area contributed by atoms with E-state index < -0.39 is 23.6 Å². The van der Waals surface area contributed by atoms with Gasteiger partial charge in [-0.05, 0) is 57.0 Å². The molecule has 3 aromatic heterocycles. The van der Waals surface area contributed by atoms with Crippen LogP contribution in [-0.2, 0) is 9.53 Å². The van der Waals surface area contributed by atoms with E-state index in [1.54, 1.807) is 16.8 Å². The van der Waals surface area contributed by atoms with Gasteiger partial charge < -0.3 is 20.7 Å². The van der Waals surface area contributed by atoms with E-state index in [0.717, 1.165) is 37.2 Å². The summed E-state index contributed by atoms with van der Waals surface area (Å²) < 4.78 is 48.8. The number of nitrogen functional groups attached to an aromatic ring is 1. The second-order valence-electron chi connectivity index (χ2n) is 11.4. The number of benzene rings is 1. The van der Waals surface area contributed by atoms with Gasteiger partial charge in [0, 0.05) is 53.8 Å². The topological polar surface area (TPSA) is 128 Å². The number of imidazole rings is 1. The van der Waals surface area contributed by atoms with Gasteiger partial charge in [-0.2, -0.15) is 0 Å². The predicted octanol–water partition coefficient (Wildman–Crippen LogP) is 4.83. The molecule has 3 N–H and O–H groups in total. The fraction of sp³-hybridized carbons (Fsp3) is 0.367. The fourth-order valence-corrected chi connectivity index (χ4v) is 5.73. The molecule has 1 aromatic carbocycles. The summed E-state index contributed by atoms with van der Waals surface area (Å²) >= 11 is 0. The molecule has 4 aromatic rings. The number of anilines is 2. The van der Waals surface area contributed by atoms with Gasteiger partial charge in [0.1, 0.15) is 34.5 Å². The molecule has 2 aliphatic heterocycles. The number of hydrogen-bond donors (Lipinski definition) is 2. The van der Waals surface area contributed by atoms with Crippen LogP contribution in [0.15, 0.2) is 48.9 Å². The quantitative estimate of drug-likeness (QED) is 0.328. The summed E-state index contributed by atoms with van der Waals surface area (Å²) in [6.45, 7) is 5.17. The Morgan fingerprint density at radius 2 is 1.93 bits per heavy atom. The number of nitrogens with two attached hydrogens (primary N) is 1. The van der Waals surface area contributed by atoms with E-state index in [0.29, 0.717) is 31.1 Å². The third-order valence-electron chi connectivity index (χ3n) is 8.24. The minimum Gasteiger partial charge on any atom is -0.382 e. The van der Waals surface area contributed by atoms with E-state index in [1.165, 1.54) is 12.1 Å². The molecular weight excluding hydrogens is 563 g/mol. The van der Waals surface area contributed by atoms with Crippen molar-refractivity contribution >= 4 is 29.0 Å². The lowest BCUT2D eigenvalue weighted by atomic mass is 9.84. The summed E-state index contributed by atoms with van der Waals surface area (Å²) in [6, 6.07) is 6.13. The number of likely N-dealkylation sites (tertiary alicyclic amines) is 1. The van der Waals surface area contributed by atoms with E-state index >= 15 is 4.39 Å². The SMILES string of the molecule is C[C@H]1CC[C@@H](c2nc(-c3ccc(C(=O)Nc4cc(C(F)F)ccn4)cc3F)c3c(N)nccn23)CN1C(=O)C1(C)COC1. The molecule has 0 saturated carbocycles. The lowest BCUT2D eigenvalue weighted by Crippen LogP contribution is -2.57. The first-order valence-electron chi connectivity index (χ1n) is 13.9. The summed E-state index contributed by atoms with van der Waals surface area (Å²) in [5.41, 5.74) is 6.17. The first kappa shape index (κ1) is 28.6. The zero-order chi connectivity index (χ0) is 30.5. The Hall–Kier alpha value is -4.52. The van der Waals surface area contributed by atoms with Crippen molar-refractivity contribution in [1.82, 2.24) is 24.3 Å². The van der Waals surface area contributed by atoms with E-state index in [2.05, 4.69) is 15.3 Å². The molecular formula is C30H30F3N7O3. The van der Waals surface area contributed by atoms with Crippen molar-refractivity contribution in [3.63, 3.8) is 0 Å². The number of fused-ring (bicyclic) bond motifs is 1. The molecule has 0 spiro atoms. The van der Waals surface area contributed by atoms with Gasteiger partial charge in [-0.1, -0.05) is 0 Å². The molecule has 0 radical (unpaired) electrons. The zero-order valence-corrected chi connectivity index (χ0v) is 23.6. The number of alkyl halides is 2. The molecule has 2 aliphatic rings. The lowest BCUT2D eigenvalue weighted by molar-refractivity contribution is -0.172. The molecule has 2 amide bonds. The summed E-state index contributed by atoms with van der Waals surface area (Å²) in [4.78, 5) is 41.0. The first-order valence-corrected chi connectivity index (χ1v) is 13.9. The Morgan fingerprint density at radius 1 is 1.14 bits per heavy atom. The Labute approximate surface area is 245 Å². The predicted molar refractivity (Wildman–Crippen MR) is 152 cm³/mol. The number of piperidine rings is 1. The van der Waals surface area contributed by atoms with Crippen LogP contribution in [0.3, 0.4) is 0 Å². The van der Waals surface area contributed by atoms with Crippen LogP contribution in [0.2, 0.25) is 0 Å². The monoisotopic (exact) mass is 593 g/mol. The summed E-state index contributed by atoms with van der Waals surface area (Å²) in [5.74, 6) is -0.837. The van der Waals surface area contributed by atoms with Crippen molar-refractivity contribution in [2.75, 3.05) is 30.8 Å². The average Bonchev–Trinajstić information content (AvgIpc) is 3.36. The minimum atomic E-state index is -2.73. The van der Waals surface area contributed by atoms with Gasteiger partial charge in [0.2, 0.25) is 5.91 Å².